The van der Waals surface area contributed by atoms with Crippen LogP contribution in [0.2, 0.25) is 0 Å². The molecule has 1 amide bonds. The highest BCUT2D eigenvalue weighted by molar-refractivity contribution is 5.76. The number of rotatable bonds is 9. The van der Waals surface area contributed by atoms with Gasteiger partial charge in [-0.15, -0.1) is 0 Å². The molecule has 1 aromatic heterocycles. The zero-order chi connectivity index (χ0) is 17.2. The molecular weight excluding hydrogens is 306 g/mol. The summed E-state index contributed by atoms with van der Waals surface area (Å²) in [5.41, 5.74) is 2.36. The molecule has 0 unspecified atom stereocenters. The monoisotopic (exact) mass is 331 g/mol. The molecule has 3 N–H and O–H groups in total. The topological polar surface area (TPSA) is 91.3 Å². The second-order valence-corrected chi connectivity index (χ2v) is 5.95. The molecule has 0 radical (unpaired) electrons. The highest BCUT2D eigenvalue weighted by Crippen LogP contribution is 2.20. The molecule has 0 aliphatic carbocycles. The van der Waals surface area contributed by atoms with Gasteiger partial charge in [-0.1, -0.05) is 12.1 Å². The number of anilines is 1. The van der Waals surface area contributed by atoms with Gasteiger partial charge in [0.1, 0.15) is 5.82 Å². The molecule has 0 bridgehead atoms. The van der Waals surface area contributed by atoms with Gasteiger partial charge in [-0.3, -0.25) is 9.59 Å². The second kappa shape index (κ2) is 9.70. The summed E-state index contributed by atoms with van der Waals surface area (Å²) in [6, 6.07) is 4.23. The van der Waals surface area contributed by atoms with Gasteiger partial charge in [0, 0.05) is 25.1 Å². The molecule has 2 heterocycles. The average Bonchev–Trinajstić information content (AvgIpc) is 2.58. The van der Waals surface area contributed by atoms with Gasteiger partial charge >= 0.3 is 5.97 Å². The summed E-state index contributed by atoms with van der Waals surface area (Å²) in [5, 5.41) is 14.5. The van der Waals surface area contributed by atoms with Crippen molar-refractivity contribution in [1.82, 2.24) is 10.3 Å². The number of aryl methyl sites for hydroxylation is 2. The SMILES string of the molecule is O=C(O)CC/C=C/NC(=O)CCCCc1ccc2c(n1)NCCC2. The van der Waals surface area contributed by atoms with Crippen LogP contribution in [0.3, 0.4) is 0 Å². The number of pyridine rings is 1. The molecule has 6 nitrogen and oxygen atoms in total. The Bertz CT molecular complexity index is 599. The summed E-state index contributed by atoms with van der Waals surface area (Å²) in [7, 11) is 0. The van der Waals surface area contributed by atoms with Crippen LogP contribution in [0.15, 0.2) is 24.4 Å². The Morgan fingerprint density at radius 3 is 3.00 bits per heavy atom. The molecule has 0 spiro atoms. The number of nitrogens with one attached hydrogen (secondary N) is 2. The maximum absolute atomic E-state index is 11.6. The largest absolute Gasteiger partial charge is 0.481 e. The molecule has 24 heavy (non-hydrogen) atoms. The third kappa shape index (κ3) is 6.40. The lowest BCUT2D eigenvalue weighted by Crippen LogP contribution is -2.16. The molecule has 2 rings (SSSR count). The number of aromatic nitrogens is 1. The van der Waals surface area contributed by atoms with E-state index in [4.69, 9.17) is 5.11 Å². The molecular formula is C18H25N3O3. The van der Waals surface area contributed by atoms with Crippen LogP contribution in [0.4, 0.5) is 5.82 Å². The molecule has 1 aliphatic rings. The minimum absolute atomic E-state index is 0.0401. The van der Waals surface area contributed by atoms with Crippen molar-refractivity contribution in [3.8, 4) is 0 Å². The van der Waals surface area contributed by atoms with Crippen molar-refractivity contribution < 1.29 is 14.7 Å². The molecule has 6 heteroatoms. The lowest BCUT2D eigenvalue weighted by Gasteiger charge is -2.17. The Balaban J connectivity index is 1.60. The normalized spacial score (nSPS) is 13.3. The number of carboxylic acid groups (broad SMARTS) is 1. The van der Waals surface area contributed by atoms with E-state index in [1.165, 1.54) is 11.8 Å². The number of hydrogen-bond acceptors (Lipinski definition) is 4. The van der Waals surface area contributed by atoms with Crippen LogP contribution in [0.1, 0.15) is 49.8 Å². The Morgan fingerprint density at radius 1 is 1.29 bits per heavy atom. The van der Waals surface area contributed by atoms with E-state index >= 15 is 0 Å². The zero-order valence-corrected chi connectivity index (χ0v) is 13.9. The van der Waals surface area contributed by atoms with Crippen molar-refractivity contribution in [2.24, 2.45) is 0 Å². The number of amides is 1. The average molecular weight is 331 g/mol. The molecule has 0 atom stereocenters. The molecule has 0 fully saturated rings. The summed E-state index contributed by atoms with van der Waals surface area (Å²) in [4.78, 5) is 26.6. The van der Waals surface area contributed by atoms with Crippen LogP contribution in [0, 0.1) is 0 Å². The molecule has 0 saturated heterocycles. The predicted octanol–water partition coefficient (Wildman–Crippen LogP) is 2.65. The number of carboxylic acids is 1. The molecule has 1 aliphatic heterocycles. The lowest BCUT2D eigenvalue weighted by atomic mass is 10.1. The van der Waals surface area contributed by atoms with Crippen LogP contribution in [0.5, 0.6) is 0 Å². The van der Waals surface area contributed by atoms with Crippen molar-refractivity contribution in [2.45, 2.75) is 51.4 Å². The fourth-order valence-electron chi connectivity index (χ4n) is 2.61. The van der Waals surface area contributed by atoms with E-state index in [2.05, 4.69) is 27.8 Å². The third-order valence-electron chi connectivity index (χ3n) is 3.93. The third-order valence-corrected chi connectivity index (χ3v) is 3.93. The van der Waals surface area contributed by atoms with Gasteiger partial charge in [0.05, 0.1) is 0 Å². The first-order chi connectivity index (χ1) is 11.6. The number of allylic oxidation sites excluding steroid dienone is 1. The first-order valence-corrected chi connectivity index (χ1v) is 8.54. The van der Waals surface area contributed by atoms with Crippen LogP contribution in [-0.2, 0) is 22.4 Å². The smallest absolute Gasteiger partial charge is 0.303 e. The van der Waals surface area contributed by atoms with Gasteiger partial charge in [-0.2, -0.15) is 0 Å². The standard InChI is InChI=1S/C18H25N3O3/c22-16(19-12-4-3-9-17(23)24)8-2-1-7-15-11-10-14-6-5-13-20-18(14)21-15/h4,10-12H,1-3,5-9,13H2,(H,19,22)(H,20,21)(H,23,24)/b12-4+. The Labute approximate surface area is 142 Å². The maximum atomic E-state index is 11.6. The Kier molecular flexibility index (Phi) is 7.26. The number of unbranched alkanes of at least 4 members (excludes halogenated alkanes) is 1. The van der Waals surface area contributed by atoms with Crippen molar-refractivity contribution in [3.63, 3.8) is 0 Å². The van der Waals surface area contributed by atoms with E-state index in [0.29, 0.717) is 12.8 Å². The van der Waals surface area contributed by atoms with E-state index in [1.54, 1.807) is 6.08 Å². The van der Waals surface area contributed by atoms with E-state index in [0.717, 1.165) is 50.2 Å². The second-order valence-electron chi connectivity index (χ2n) is 5.95. The van der Waals surface area contributed by atoms with Crippen molar-refractivity contribution in [1.29, 1.82) is 0 Å². The van der Waals surface area contributed by atoms with Gasteiger partial charge in [0.2, 0.25) is 5.91 Å². The van der Waals surface area contributed by atoms with Gasteiger partial charge in [0.25, 0.3) is 0 Å². The van der Waals surface area contributed by atoms with Crippen LogP contribution in [0.25, 0.3) is 0 Å². The van der Waals surface area contributed by atoms with E-state index in [9.17, 15) is 9.59 Å². The summed E-state index contributed by atoms with van der Waals surface area (Å²) < 4.78 is 0. The first-order valence-electron chi connectivity index (χ1n) is 8.54. The number of nitrogens with zero attached hydrogens (tertiary/aromatic N) is 1. The number of fused-ring (bicyclic) bond motifs is 1. The quantitative estimate of drug-likeness (QED) is 0.605. The van der Waals surface area contributed by atoms with Gasteiger partial charge in [-0.25, -0.2) is 4.98 Å². The highest BCUT2D eigenvalue weighted by atomic mass is 16.4. The van der Waals surface area contributed by atoms with E-state index < -0.39 is 5.97 Å². The summed E-state index contributed by atoms with van der Waals surface area (Å²) in [6.45, 7) is 0.990. The van der Waals surface area contributed by atoms with Crippen LogP contribution < -0.4 is 10.6 Å². The zero-order valence-electron chi connectivity index (χ0n) is 13.9. The van der Waals surface area contributed by atoms with Gasteiger partial charge in [-0.05, 0) is 56.4 Å². The Hall–Kier alpha value is -2.37. The number of hydrogen-bond donors (Lipinski definition) is 3. The summed E-state index contributed by atoms with van der Waals surface area (Å²) in [5.74, 6) is 0.140. The molecule has 130 valence electrons. The van der Waals surface area contributed by atoms with Crippen LogP contribution >= 0.6 is 0 Å². The Morgan fingerprint density at radius 2 is 2.17 bits per heavy atom. The molecule has 1 aromatic rings. The van der Waals surface area contributed by atoms with E-state index in [-0.39, 0.29) is 12.3 Å². The summed E-state index contributed by atoms with van der Waals surface area (Å²) in [6.07, 6.45) is 9.01. The fraction of sp³-hybridized carbons (Fsp3) is 0.500. The first kappa shape index (κ1) is 18.0. The highest BCUT2D eigenvalue weighted by Gasteiger charge is 2.10. The van der Waals surface area contributed by atoms with E-state index in [1.807, 2.05) is 0 Å². The lowest BCUT2D eigenvalue weighted by molar-refractivity contribution is -0.136. The minimum Gasteiger partial charge on any atom is -0.481 e. The molecule has 0 aromatic carbocycles. The van der Waals surface area contributed by atoms with Gasteiger partial charge in [0.15, 0.2) is 0 Å². The number of aliphatic carboxylic acids is 1. The predicted molar refractivity (Wildman–Crippen MR) is 92.8 cm³/mol. The van der Waals surface area contributed by atoms with Crippen LogP contribution in [-0.4, -0.2) is 28.5 Å². The van der Waals surface area contributed by atoms with Crippen molar-refractivity contribution in [2.75, 3.05) is 11.9 Å². The number of carbonyl (C=O) groups is 2. The van der Waals surface area contributed by atoms with Gasteiger partial charge < -0.3 is 15.7 Å². The minimum atomic E-state index is -0.836. The number of carbonyl (C=O) groups excluding carboxylic acids is 1. The fourth-order valence-corrected chi connectivity index (χ4v) is 2.61. The van der Waals surface area contributed by atoms with Crippen molar-refractivity contribution >= 4 is 17.7 Å². The van der Waals surface area contributed by atoms with Crippen molar-refractivity contribution in [3.05, 3.63) is 35.7 Å². The molecule has 0 saturated carbocycles. The maximum Gasteiger partial charge on any atom is 0.303 e. The summed E-state index contributed by atoms with van der Waals surface area (Å²) >= 11 is 0.